The maximum atomic E-state index is 12.2. The van der Waals surface area contributed by atoms with E-state index >= 15 is 0 Å². The Balaban J connectivity index is 1.96. The number of nitrogens with zero attached hydrogens (tertiary/aromatic N) is 1. The van der Waals surface area contributed by atoms with Crippen LogP contribution in [0.2, 0.25) is 0 Å². The minimum atomic E-state index is 0.194. The Hall–Kier alpha value is -0.870. The highest BCUT2D eigenvalue weighted by Gasteiger charge is 2.26. The minimum absolute atomic E-state index is 0.194. The molecule has 0 radical (unpaired) electrons. The molecule has 0 bridgehead atoms. The summed E-state index contributed by atoms with van der Waals surface area (Å²) in [6.45, 7) is 5.44. The van der Waals surface area contributed by atoms with Crippen molar-refractivity contribution in [1.82, 2.24) is 10.2 Å². The molecule has 4 heteroatoms. The lowest BCUT2D eigenvalue weighted by atomic mass is 10.1. The van der Waals surface area contributed by atoms with E-state index in [0.717, 1.165) is 32.6 Å². The summed E-state index contributed by atoms with van der Waals surface area (Å²) in [4.78, 5) is 15.4. The van der Waals surface area contributed by atoms with Gasteiger partial charge in [-0.15, -0.1) is 11.3 Å². The Bertz CT molecular complexity index is 331. The van der Waals surface area contributed by atoms with E-state index in [1.807, 2.05) is 17.9 Å². The Morgan fingerprint density at radius 2 is 2.56 bits per heavy atom. The monoisotopic (exact) mass is 238 g/mol. The second kappa shape index (κ2) is 5.46. The molecule has 1 aliphatic rings. The molecule has 2 rings (SSSR count). The van der Waals surface area contributed by atoms with E-state index in [0.29, 0.717) is 5.91 Å². The first kappa shape index (κ1) is 11.6. The van der Waals surface area contributed by atoms with Crippen LogP contribution in [-0.2, 0) is 11.3 Å². The van der Waals surface area contributed by atoms with Gasteiger partial charge in [-0.05, 0) is 31.3 Å². The summed E-state index contributed by atoms with van der Waals surface area (Å²) in [6, 6.07) is 4.13. The number of carbonyl (C=O) groups is 1. The molecular weight excluding hydrogens is 220 g/mol. The molecule has 1 atom stereocenters. The van der Waals surface area contributed by atoms with Crippen LogP contribution < -0.4 is 5.32 Å². The number of thiophene rings is 1. The number of hydrogen-bond acceptors (Lipinski definition) is 3. The molecule has 0 aromatic carbocycles. The van der Waals surface area contributed by atoms with Crippen LogP contribution in [-0.4, -0.2) is 30.4 Å². The van der Waals surface area contributed by atoms with Gasteiger partial charge in [0.1, 0.15) is 0 Å². The van der Waals surface area contributed by atoms with Gasteiger partial charge in [-0.1, -0.05) is 6.07 Å². The van der Waals surface area contributed by atoms with Gasteiger partial charge in [0.05, 0.1) is 12.5 Å². The molecule has 1 fully saturated rings. The van der Waals surface area contributed by atoms with Gasteiger partial charge in [0.2, 0.25) is 5.91 Å². The molecule has 16 heavy (non-hydrogen) atoms. The summed E-state index contributed by atoms with van der Waals surface area (Å²) in [7, 11) is 0. The quantitative estimate of drug-likeness (QED) is 0.866. The number of hydrogen-bond donors (Lipinski definition) is 1. The van der Waals surface area contributed by atoms with E-state index in [9.17, 15) is 4.79 Å². The molecule has 1 amide bonds. The second-order valence-electron chi connectivity index (χ2n) is 4.12. The highest BCUT2D eigenvalue weighted by atomic mass is 32.1. The summed E-state index contributed by atoms with van der Waals surface area (Å²) in [5.74, 6) is 0.501. The molecule has 2 heterocycles. The van der Waals surface area contributed by atoms with Crippen LogP contribution in [0.15, 0.2) is 17.5 Å². The van der Waals surface area contributed by atoms with Crippen LogP contribution in [0.5, 0.6) is 0 Å². The van der Waals surface area contributed by atoms with Gasteiger partial charge in [0, 0.05) is 18.0 Å². The summed E-state index contributed by atoms with van der Waals surface area (Å²) >= 11 is 1.72. The molecule has 1 unspecified atom stereocenters. The fourth-order valence-electron chi connectivity index (χ4n) is 2.06. The van der Waals surface area contributed by atoms with Gasteiger partial charge < -0.3 is 10.2 Å². The number of nitrogens with one attached hydrogen (secondary N) is 1. The van der Waals surface area contributed by atoms with Crippen molar-refractivity contribution in [1.29, 1.82) is 0 Å². The molecule has 3 nitrogen and oxygen atoms in total. The van der Waals surface area contributed by atoms with E-state index in [4.69, 9.17) is 0 Å². The Labute approximate surface area is 100 Å². The van der Waals surface area contributed by atoms with Crippen molar-refractivity contribution in [3.05, 3.63) is 22.4 Å². The molecular formula is C12H18N2OS. The summed E-state index contributed by atoms with van der Waals surface area (Å²) in [5, 5.41) is 5.31. The second-order valence-corrected chi connectivity index (χ2v) is 5.15. The summed E-state index contributed by atoms with van der Waals surface area (Å²) in [5.41, 5.74) is 0. The lowest BCUT2D eigenvalue weighted by Gasteiger charge is -2.23. The number of rotatable bonds is 4. The third kappa shape index (κ3) is 2.62. The van der Waals surface area contributed by atoms with Crippen LogP contribution in [0.3, 0.4) is 0 Å². The van der Waals surface area contributed by atoms with Crippen molar-refractivity contribution in [3.8, 4) is 0 Å². The van der Waals surface area contributed by atoms with Crippen molar-refractivity contribution >= 4 is 17.2 Å². The van der Waals surface area contributed by atoms with E-state index < -0.39 is 0 Å². The lowest BCUT2D eigenvalue weighted by molar-refractivity contribution is -0.135. The lowest BCUT2D eigenvalue weighted by Crippen LogP contribution is -2.36. The predicted octanol–water partition coefficient (Wildman–Crippen LogP) is 1.71. The van der Waals surface area contributed by atoms with Gasteiger partial charge >= 0.3 is 0 Å². The van der Waals surface area contributed by atoms with Gasteiger partial charge in [-0.25, -0.2) is 0 Å². The molecule has 1 aromatic rings. The van der Waals surface area contributed by atoms with Crippen LogP contribution >= 0.6 is 11.3 Å². The van der Waals surface area contributed by atoms with Gasteiger partial charge in [0.25, 0.3) is 0 Å². The average molecular weight is 238 g/mol. The molecule has 1 saturated heterocycles. The van der Waals surface area contributed by atoms with Gasteiger partial charge in [-0.2, -0.15) is 0 Å². The van der Waals surface area contributed by atoms with Crippen molar-refractivity contribution in [2.45, 2.75) is 19.9 Å². The largest absolute Gasteiger partial charge is 0.338 e. The van der Waals surface area contributed by atoms with Crippen molar-refractivity contribution in [2.75, 3.05) is 19.6 Å². The van der Waals surface area contributed by atoms with Crippen LogP contribution in [0.4, 0.5) is 0 Å². The third-order valence-corrected chi connectivity index (χ3v) is 3.89. The normalized spacial score (nSPS) is 19.9. The third-order valence-electron chi connectivity index (χ3n) is 3.03. The van der Waals surface area contributed by atoms with Gasteiger partial charge in [0.15, 0.2) is 0 Å². The Morgan fingerprint density at radius 3 is 3.12 bits per heavy atom. The maximum absolute atomic E-state index is 12.2. The van der Waals surface area contributed by atoms with E-state index in [1.165, 1.54) is 4.88 Å². The first-order valence-corrected chi connectivity index (χ1v) is 6.71. The van der Waals surface area contributed by atoms with Gasteiger partial charge in [-0.3, -0.25) is 4.79 Å². The fourth-order valence-corrected chi connectivity index (χ4v) is 2.78. The first-order valence-electron chi connectivity index (χ1n) is 5.83. The summed E-state index contributed by atoms with van der Waals surface area (Å²) < 4.78 is 0. The first-order chi connectivity index (χ1) is 7.81. The molecule has 1 N–H and O–H groups in total. The zero-order chi connectivity index (χ0) is 11.4. The zero-order valence-electron chi connectivity index (χ0n) is 9.61. The molecule has 0 aliphatic carbocycles. The van der Waals surface area contributed by atoms with Crippen molar-refractivity contribution < 1.29 is 4.79 Å². The number of amides is 1. The topological polar surface area (TPSA) is 32.3 Å². The standard InChI is InChI=1S/C12H18N2OS/c1-2-14(9-11-4-3-7-16-11)12(15)10-5-6-13-8-10/h3-4,7,10,13H,2,5-6,8-9H2,1H3. The van der Waals surface area contributed by atoms with Crippen LogP contribution in [0.1, 0.15) is 18.2 Å². The highest BCUT2D eigenvalue weighted by Crippen LogP contribution is 2.16. The van der Waals surface area contributed by atoms with Crippen LogP contribution in [0, 0.1) is 5.92 Å². The Kier molecular flexibility index (Phi) is 3.96. The van der Waals surface area contributed by atoms with Crippen LogP contribution in [0.25, 0.3) is 0 Å². The SMILES string of the molecule is CCN(Cc1cccs1)C(=O)C1CCNC1. The van der Waals surface area contributed by atoms with E-state index in [2.05, 4.69) is 16.8 Å². The zero-order valence-corrected chi connectivity index (χ0v) is 10.4. The maximum Gasteiger partial charge on any atom is 0.227 e. The van der Waals surface area contributed by atoms with Crippen molar-refractivity contribution in [3.63, 3.8) is 0 Å². The highest BCUT2D eigenvalue weighted by molar-refractivity contribution is 7.09. The van der Waals surface area contributed by atoms with E-state index in [-0.39, 0.29) is 5.92 Å². The minimum Gasteiger partial charge on any atom is -0.338 e. The molecule has 1 aromatic heterocycles. The average Bonchev–Trinajstić information content (AvgIpc) is 2.97. The molecule has 0 spiro atoms. The molecule has 1 aliphatic heterocycles. The summed E-state index contributed by atoms with van der Waals surface area (Å²) in [6.07, 6.45) is 0.986. The smallest absolute Gasteiger partial charge is 0.227 e. The number of carbonyl (C=O) groups excluding carboxylic acids is 1. The fraction of sp³-hybridized carbons (Fsp3) is 0.583. The molecule has 88 valence electrons. The Morgan fingerprint density at radius 1 is 1.69 bits per heavy atom. The van der Waals surface area contributed by atoms with Crippen molar-refractivity contribution in [2.24, 2.45) is 5.92 Å². The molecule has 0 saturated carbocycles. The van der Waals surface area contributed by atoms with E-state index in [1.54, 1.807) is 11.3 Å². The predicted molar refractivity (Wildman–Crippen MR) is 66.4 cm³/mol.